The van der Waals surface area contributed by atoms with Crippen molar-refractivity contribution in [1.82, 2.24) is 22.8 Å². The van der Waals surface area contributed by atoms with Gasteiger partial charge in [0.15, 0.2) is 0 Å². The lowest BCUT2D eigenvalue weighted by Crippen LogP contribution is -2.02. The first-order valence-electron chi connectivity index (χ1n) is 4.01. The fourth-order valence-corrected chi connectivity index (χ4v) is 2.40. The highest BCUT2D eigenvalue weighted by molar-refractivity contribution is 14.1. The Bertz CT molecular complexity index is 495. The third-order valence-electron chi connectivity index (χ3n) is 2.00. The standard InChI is InChI=1S/C7H6I3N5/c1-3-4(2)12-14(5(3)8)7-11-6(9)15(10)13-7/h1-2H3. The molecule has 8 heteroatoms. The fraction of sp³-hybridized carbons (Fsp3) is 0.286. The minimum atomic E-state index is 0.620. The molecule has 2 aromatic rings. The smallest absolute Gasteiger partial charge is 0.191 e. The molecule has 0 N–H and O–H groups in total. The van der Waals surface area contributed by atoms with Crippen molar-refractivity contribution in [3.63, 3.8) is 0 Å². The number of aromatic nitrogens is 5. The maximum atomic E-state index is 4.40. The summed E-state index contributed by atoms with van der Waals surface area (Å²) in [5.74, 6) is 0.620. The Balaban J connectivity index is 2.59. The van der Waals surface area contributed by atoms with Crippen LogP contribution in [0.15, 0.2) is 0 Å². The Hall–Kier alpha value is 0.540. The molecule has 0 radical (unpaired) electrons. The van der Waals surface area contributed by atoms with E-state index >= 15 is 0 Å². The van der Waals surface area contributed by atoms with Crippen LogP contribution in [-0.4, -0.2) is 22.8 Å². The molecule has 0 saturated carbocycles. The first-order valence-corrected chi connectivity index (χ1v) is 7.13. The average molecular weight is 541 g/mol. The fourth-order valence-electron chi connectivity index (χ4n) is 1.07. The van der Waals surface area contributed by atoms with E-state index in [0.29, 0.717) is 5.95 Å². The van der Waals surface area contributed by atoms with Gasteiger partial charge in [-0.25, -0.2) is 0 Å². The molecule has 2 rings (SSSR count). The number of hydrogen-bond acceptors (Lipinski definition) is 3. The summed E-state index contributed by atoms with van der Waals surface area (Å²) < 4.78 is 5.37. The summed E-state index contributed by atoms with van der Waals surface area (Å²) in [5, 5.41) is 8.67. The third kappa shape index (κ3) is 2.16. The largest absolute Gasteiger partial charge is 0.272 e. The zero-order valence-electron chi connectivity index (χ0n) is 7.87. The van der Waals surface area contributed by atoms with Crippen LogP contribution < -0.4 is 0 Å². The molecule has 0 aliphatic carbocycles. The predicted molar refractivity (Wildman–Crippen MR) is 81.5 cm³/mol. The Morgan fingerprint density at radius 3 is 2.20 bits per heavy atom. The van der Waals surface area contributed by atoms with Gasteiger partial charge in [-0.1, -0.05) is 0 Å². The Labute approximate surface area is 128 Å². The van der Waals surface area contributed by atoms with Crippen LogP contribution in [0.25, 0.3) is 5.95 Å². The molecule has 0 bridgehead atoms. The zero-order valence-corrected chi connectivity index (χ0v) is 14.3. The molecule has 0 unspecified atom stereocenters. The minimum absolute atomic E-state index is 0.620. The van der Waals surface area contributed by atoms with Crippen molar-refractivity contribution < 1.29 is 0 Å². The van der Waals surface area contributed by atoms with Crippen molar-refractivity contribution in [2.24, 2.45) is 0 Å². The second-order valence-electron chi connectivity index (χ2n) is 2.95. The lowest BCUT2D eigenvalue weighted by Gasteiger charge is -1.94. The molecular formula is C7H6I3N5. The number of hydrogen-bond donors (Lipinski definition) is 0. The summed E-state index contributed by atoms with van der Waals surface area (Å²) in [6.07, 6.45) is 0. The molecule has 0 amide bonds. The molecule has 0 atom stereocenters. The summed E-state index contributed by atoms with van der Waals surface area (Å²) in [6, 6.07) is 0. The van der Waals surface area contributed by atoms with Crippen molar-refractivity contribution in [2.75, 3.05) is 0 Å². The van der Waals surface area contributed by atoms with Crippen LogP contribution in [0.1, 0.15) is 11.3 Å². The molecule has 15 heavy (non-hydrogen) atoms. The van der Waals surface area contributed by atoms with Gasteiger partial charge in [0.2, 0.25) is 3.83 Å². The minimum Gasteiger partial charge on any atom is -0.191 e. The van der Waals surface area contributed by atoms with Gasteiger partial charge >= 0.3 is 0 Å². The maximum Gasteiger partial charge on any atom is 0.272 e. The van der Waals surface area contributed by atoms with E-state index in [4.69, 9.17) is 0 Å². The molecule has 0 aromatic carbocycles. The van der Waals surface area contributed by atoms with Gasteiger partial charge in [-0.2, -0.15) is 17.7 Å². The van der Waals surface area contributed by atoms with E-state index in [1.807, 2.05) is 13.8 Å². The average Bonchev–Trinajstić information content (AvgIpc) is 2.63. The molecule has 0 aliphatic rings. The van der Waals surface area contributed by atoms with E-state index in [2.05, 4.69) is 83.2 Å². The molecule has 5 nitrogen and oxygen atoms in total. The first kappa shape index (κ1) is 12.0. The van der Waals surface area contributed by atoms with E-state index in [-0.39, 0.29) is 0 Å². The number of nitrogens with zero attached hydrogens (tertiary/aromatic N) is 5. The van der Waals surface area contributed by atoms with E-state index < -0.39 is 0 Å². The number of aryl methyl sites for hydroxylation is 1. The molecule has 0 aliphatic heterocycles. The summed E-state index contributed by atoms with van der Waals surface area (Å²) in [5.41, 5.74) is 2.19. The summed E-state index contributed by atoms with van der Waals surface area (Å²) >= 11 is 6.49. The summed E-state index contributed by atoms with van der Waals surface area (Å²) in [7, 11) is 0. The molecule has 2 heterocycles. The van der Waals surface area contributed by atoms with Gasteiger partial charge in [-0.3, -0.25) is 0 Å². The number of halogens is 3. The van der Waals surface area contributed by atoms with Crippen molar-refractivity contribution >= 4 is 68.0 Å². The van der Waals surface area contributed by atoms with Crippen LogP contribution >= 0.6 is 68.0 Å². The van der Waals surface area contributed by atoms with Crippen LogP contribution in [-0.2, 0) is 0 Å². The van der Waals surface area contributed by atoms with Crippen molar-refractivity contribution in [3.8, 4) is 5.95 Å². The highest BCUT2D eigenvalue weighted by Crippen LogP contribution is 2.18. The normalized spacial score (nSPS) is 11.0. The van der Waals surface area contributed by atoms with Crippen LogP contribution in [0.4, 0.5) is 0 Å². The van der Waals surface area contributed by atoms with E-state index in [0.717, 1.165) is 13.2 Å². The highest BCUT2D eigenvalue weighted by atomic mass is 127. The van der Waals surface area contributed by atoms with Crippen molar-refractivity contribution in [3.05, 3.63) is 18.8 Å². The molecular weight excluding hydrogens is 535 g/mol. The van der Waals surface area contributed by atoms with Crippen molar-refractivity contribution in [1.29, 1.82) is 0 Å². The van der Waals surface area contributed by atoms with Gasteiger partial charge in [-0.15, -0.1) is 5.10 Å². The lowest BCUT2D eigenvalue weighted by molar-refractivity contribution is 0.783. The third-order valence-corrected chi connectivity index (χ3v) is 5.56. The van der Waals surface area contributed by atoms with Gasteiger partial charge in [0.05, 0.1) is 28.6 Å². The Morgan fingerprint density at radius 1 is 1.13 bits per heavy atom. The summed E-state index contributed by atoms with van der Waals surface area (Å²) in [4.78, 5) is 4.32. The van der Waals surface area contributed by atoms with Crippen LogP contribution in [0.2, 0.25) is 0 Å². The molecule has 0 spiro atoms. The lowest BCUT2D eigenvalue weighted by atomic mass is 10.3. The second kappa shape index (κ2) is 4.43. The van der Waals surface area contributed by atoms with Gasteiger partial charge < -0.3 is 0 Å². The zero-order chi connectivity index (χ0) is 11.2. The Morgan fingerprint density at radius 2 is 1.80 bits per heavy atom. The maximum absolute atomic E-state index is 4.40. The van der Waals surface area contributed by atoms with Crippen LogP contribution in [0, 0.1) is 21.4 Å². The van der Waals surface area contributed by atoms with Gasteiger partial charge in [0, 0.05) is 28.2 Å². The highest BCUT2D eigenvalue weighted by Gasteiger charge is 2.14. The molecule has 80 valence electrons. The molecule has 2 aromatic heterocycles. The first-order chi connectivity index (χ1) is 7.00. The molecule has 0 fully saturated rings. The summed E-state index contributed by atoms with van der Waals surface area (Å²) in [6.45, 7) is 4.03. The van der Waals surface area contributed by atoms with Gasteiger partial charge in [0.25, 0.3) is 5.95 Å². The van der Waals surface area contributed by atoms with Crippen LogP contribution in [0.3, 0.4) is 0 Å². The van der Waals surface area contributed by atoms with Crippen LogP contribution in [0.5, 0.6) is 0 Å². The van der Waals surface area contributed by atoms with E-state index in [1.165, 1.54) is 5.56 Å². The topological polar surface area (TPSA) is 48.5 Å². The molecule has 0 saturated heterocycles. The predicted octanol–water partition coefficient (Wildman–Crippen LogP) is 2.49. The van der Waals surface area contributed by atoms with Crippen molar-refractivity contribution in [2.45, 2.75) is 13.8 Å². The van der Waals surface area contributed by atoms with Gasteiger partial charge in [0.1, 0.15) is 3.70 Å². The SMILES string of the molecule is Cc1nn(-c2nc(I)n(I)n2)c(I)c1C. The quantitative estimate of drug-likeness (QED) is 0.523. The monoisotopic (exact) mass is 541 g/mol. The Kier molecular flexibility index (Phi) is 3.54. The van der Waals surface area contributed by atoms with E-state index in [1.54, 1.807) is 7.58 Å². The van der Waals surface area contributed by atoms with Gasteiger partial charge in [-0.05, 0) is 36.4 Å². The number of rotatable bonds is 1. The van der Waals surface area contributed by atoms with E-state index in [9.17, 15) is 0 Å². The second-order valence-corrected chi connectivity index (χ2v) is 5.85.